The summed E-state index contributed by atoms with van der Waals surface area (Å²) in [5.74, 6) is -0.906. The second-order valence-electron chi connectivity index (χ2n) is 4.56. The quantitative estimate of drug-likeness (QED) is 0.759. The summed E-state index contributed by atoms with van der Waals surface area (Å²) in [4.78, 5) is 23.4. The van der Waals surface area contributed by atoms with Gasteiger partial charge in [0, 0.05) is 7.05 Å². The molecule has 0 N–H and O–H groups in total. The first-order chi connectivity index (χ1) is 8.90. The average Bonchev–Trinajstić information content (AvgIpc) is 2.77. The minimum Gasteiger partial charge on any atom is -0.466 e. The van der Waals surface area contributed by atoms with Crippen LogP contribution in [0.3, 0.4) is 0 Å². The van der Waals surface area contributed by atoms with E-state index in [9.17, 15) is 9.59 Å². The number of carbonyl (C=O) groups excluding carboxylic acids is 2. The predicted octanol–water partition coefficient (Wildman–Crippen LogP) is 1.65. The number of carbonyl (C=O) groups is 2. The van der Waals surface area contributed by atoms with Gasteiger partial charge in [0.25, 0.3) is 0 Å². The topological polar surface area (TPSA) is 70.4 Å². The Kier molecular flexibility index (Phi) is 5.09. The van der Waals surface area contributed by atoms with Crippen LogP contribution in [0.1, 0.15) is 49.3 Å². The van der Waals surface area contributed by atoms with E-state index in [0.717, 1.165) is 5.69 Å². The molecule has 1 rings (SSSR count). The van der Waals surface area contributed by atoms with Gasteiger partial charge in [-0.05, 0) is 18.4 Å². The summed E-state index contributed by atoms with van der Waals surface area (Å²) < 4.78 is 11.2. The lowest BCUT2D eigenvalue weighted by molar-refractivity contribution is -0.151. The predicted molar refractivity (Wildman–Crippen MR) is 68.8 cm³/mol. The van der Waals surface area contributed by atoms with Gasteiger partial charge in [-0.2, -0.15) is 5.10 Å². The first-order valence-corrected chi connectivity index (χ1v) is 6.23. The van der Waals surface area contributed by atoms with E-state index in [1.807, 2.05) is 13.8 Å². The monoisotopic (exact) mass is 268 g/mol. The molecule has 0 saturated carbocycles. The van der Waals surface area contributed by atoms with Crippen molar-refractivity contribution >= 4 is 11.9 Å². The van der Waals surface area contributed by atoms with Crippen molar-refractivity contribution in [2.24, 2.45) is 7.05 Å². The molecule has 6 heteroatoms. The van der Waals surface area contributed by atoms with Crippen LogP contribution in [0.4, 0.5) is 0 Å². The summed E-state index contributed by atoms with van der Waals surface area (Å²) in [5.41, 5.74) is 1.13. The zero-order chi connectivity index (χ0) is 14.6. The van der Waals surface area contributed by atoms with Crippen molar-refractivity contribution in [3.05, 3.63) is 17.5 Å². The second-order valence-corrected chi connectivity index (χ2v) is 4.56. The van der Waals surface area contributed by atoms with Crippen LogP contribution in [0, 0.1) is 0 Å². The van der Waals surface area contributed by atoms with E-state index in [-0.39, 0.29) is 5.92 Å². The van der Waals surface area contributed by atoms with Gasteiger partial charge in [-0.3, -0.25) is 4.68 Å². The van der Waals surface area contributed by atoms with E-state index in [1.54, 1.807) is 20.0 Å². The zero-order valence-corrected chi connectivity index (χ0v) is 12.0. The van der Waals surface area contributed by atoms with Crippen molar-refractivity contribution in [3.63, 3.8) is 0 Å². The Labute approximate surface area is 112 Å². The molecule has 0 amide bonds. The fourth-order valence-electron chi connectivity index (χ4n) is 1.58. The molecule has 0 saturated heterocycles. The SMILES string of the molecule is CC[C@H](OC(=O)c1cc(C(C)C)nn1C)C(=O)OC. The Morgan fingerprint density at radius 2 is 2.05 bits per heavy atom. The minimum atomic E-state index is -0.880. The highest BCUT2D eigenvalue weighted by Gasteiger charge is 2.24. The summed E-state index contributed by atoms with van der Waals surface area (Å²) in [6, 6.07) is 1.68. The van der Waals surface area contributed by atoms with Gasteiger partial charge in [0.15, 0.2) is 6.10 Å². The molecule has 1 aromatic heterocycles. The highest BCUT2D eigenvalue weighted by molar-refractivity contribution is 5.90. The van der Waals surface area contributed by atoms with Crippen LogP contribution in [0.25, 0.3) is 0 Å². The van der Waals surface area contributed by atoms with Crippen LogP contribution in [0.2, 0.25) is 0 Å². The molecule has 0 unspecified atom stereocenters. The molecule has 1 aromatic rings. The number of methoxy groups -OCH3 is 1. The highest BCUT2D eigenvalue weighted by atomic mass is 16.6. The normalized spacial score (nSPS) is 12.3. The first kappa shape index (κ1) is 15.2. The van der Waals surface area contributed by atoms with Crippen molar-refractivity contribution in [3.8, 4) is 0 Å². The Balaban J connectivity index is 2.85. The lowest BCUT2D eigenvalue weighted by Crippen LogP contribution is -2.28. The Morgan fingerprint density at radius 1 is 1.42 bits per heavy atom. The van der Waals surface area contributed by atoms with E-state index >= 15 is 0 Å². The number of rotatable bonds is 5. The number of nitrogens with zero attached hydrogens (tertiary/aromatic N) is 2. The molecule has 0 aliphatic heterocycles. The van der Waals surface area contributed by atoms with Gasteiger partial charge in [0.2, 0.25) is 0 Å². The molecule has 0 aliphatic rings. The molecule has 6 nitrogen and oxygen atoms in total. The summed E-state index contributed by atoms with van der Waals surface area (Å²) in [6.07, 6.45) is -0.511. The summed E-state index contributed by atoms with van der Waals surface area (Å²) in [6.45, 7) is 5.72. The van der Waals surface area contributed by atoms with Crippen molar-refractivity contribution in [2.45, 2.75) is 39.2 Å². The fraction of sp³-hybridized carbons (Fsp3) is 0.615. The van der Waals surface area contributed by atoms with Crippen LogP contribution in [0.5, 0.6) is 0 Å². The number of hydrogen-bond donors (Lipinski definition) is 0. The number of aromatic nitrogens is 2. The van der Waals surface area contributed by atoms with Crippen molar-refractivity contribution < 1.29 is 19.1 Å². The lowest BCUT2D eigenvalue weighted by Gasteiger charge is -2.13. The third-order valence-electron chi connectivity index (χ3n) is 2.78. The van der Waals surface area contributed by atoms with Gasteiger partial charge in [-0.1, -0.05) is 20.8 Å². The van der Waals surface area contributed by atoms with Crippen LogP contribution < -0.4 is 0 Å². The molecule has 0 aliphatic carbocycles. The maximum absolute atomic E-state index is 12.0. The van der Waals surface area contributed by atoms with E-state index in [0.29, 0.717) is 12.1 Å². The van der Waals surface area contributed by atoms with Gasteiger partial charge < -0.3 is 9.47 Å². The Hall–Kier alpha value is -1.85. The average molecular weight is 268 g/mol. The largest absolute Gasteiger partial charge is 0.466 e. The van der Waals surface area contributed by atoms with Crippen LogP contribution in [-0.4, -0.2) is 34.9 Å². The van der Waals surface area contributed by atoms with Gasteiger partial charge in [-0.15, -0.1) is 0 Å². The smallest absolute Gasteiger partial charge is 0.357 e. The molecule has 19 heavy (non-hydrogen) atoms. The van der Waals surface area contributed by atoms with Crippen LogP contribution >= 0.6 is 0 Å². The van der Waals surface area contributed by atoms with E-state index in [2.05, 4.69) is 9.84 Å². The van der Waals surface area contributed by atoms with E-state index in [1.165, 1.54) is 11.8 Å². The summed E-state index contributed by atoms with van der Waals surface area (Å²) in [5, 5.41) is 4.23. The lowest BCUT2D eigenvalue weighted by atomic mass is 10.1. The van der Waals surface area contributed by atoms with Gasteiger partial charge in [0.1, 0.15) is 5.69 Å². The molecule has 1 atom stereocenters. The molecule has 0 bridgehead atoms. The third kappa shape index (κ3) is 3.56. The molecule has 0 radical (unpaired) electrons. The minimum absolute atomic E-state index is 0.218. The molecule has 1 heterocycles. The maximum atomic E-state index is 12.0. The number of ether oxygens (including phenoxy) is 2. The van der Waals surface area contributed by atoms with Gasteiger partial charge >= 0.3 is 11.9 Å². The molecule has 0 spiro atoms. The molecular formula is C13H20N2O4. The van der Waals surface area contributed by atoms with E-state index < -0.39 is 18.0 Å². The third-order valence-corrected chi connectivity index (χ3v) is 2.78. The summed E-state index contributed by atoms with van der Waals surface area (Å²) in [7, 11) is 2.93. The van der Waals surface area contributed by atoms with Crippen LogP contribution in [-0.2, 0) is 21.3 Å². The number of aryl methyl sites for hydroxylation is 1. The first-order valence-electron chi connectivity index (χ1n) is 6.23. The Morgan fingerprint density at radius 3 is 2.47 bits per heavy atom. The summed E-state index contributed by atoms with van der Waals surface area (Å²) >= 11 is 0. The highest BCUT2D eigenvalue weighted by Crippen LogP contribution is 2.15. The van der Waals surface area contributed by atoms with E-state index in [4.69, 9.17) is 4.74 Å². The molecule has 106 valence electrons. The molecular weight excluding hydrogens is 248 g/mol. The second kappa shape index (κ2) is 6.36. The standard InChI is InChI=1S/C13H20N2O4/c1-6-11(13(17)18-5)19-12(16)10-7-9(8(2)3)14-15(10)4/h7-8,11H,6H2,1-5H3/t11-/m0/s1. The Bertz CT molecular complexity index is 465. The van der Waals surface area contributed by atoms with Gasteiger partial charge in [0.05, 0.1) is 12.8 Å². The van der Waals surface area contributed by atoms with Gasteiger partial charge in [-0.25, -0.2) is 9.59 Å². The van der Waals surface area contributed by atoms with Crippen molar-refractivity contribution in [1.29, 1.82) is 0 Å². The maximum Gasteiger partial charge on any atom is 0.357 e. The molecule has 0 fully saturated rings. The molecule has 0 aromatic carbocycles. The number of esters is 2. The van der Waals surface area contributed by atoms with Crippen molar-refractivity contribution in [2.75, 3.05) is 7.11 Å². The van der Waals surface area contributed by atoms with Crippen molar-refractivity contribution in [1.82, 2.24) is 9.78 Å². The fourth-order valence-corrected chi connectivity index (χ4v) is 1.58. The van der Waals surface area contributed by atoms with Crippen LogP contribution in [0.15, 0.2) is 6.07 Å². The number of hydrogen-bond acceptors (Lipinski definition) is 5. The zero-order valence-electron chi connectivity index (χ0n) is 12.0.